The summed E-state index contributed by atoms with van der Waals surface area (Å²) in [6.45, 7) is 0.461. The van der Waals surface area contributed by atoms with Crippen molar-refractivity contribution in [1.82, 2.24) is 5.43 Å². The van der Waals surface area contributed by atoms with Crippen LogP contribution in [0, 0.1) is 3.57 Å². The molecule has 1 N–H and O–H groups in total. The number of hydrogen-bond acceptors (Lipinski definition) is 4. The largest absolute Gasteiger partial charge is 0.487 e. The maximum Gasteiger partial charge on any atom is 0.307 e. The van der Waals surface area contributed by atoms with Crippen LogP contribution in [0.1, 0.15) is 21.7 Å². The summed E-state index contributed by atoms with van der Waals surface area (Å²) < 4.78 is 14.3. The highest BCUT2D eigenvalue weighted by Crippen LogP contribution is 2.32. The molecule has 0 aliphatic carbocycles. The number of furan rings is 1. The summed E-state index contributed by atoms with van der Waals surface area (Å²) in [5, 5.41) is 4.92. The zero-order valence-corrected chi connectivity index (χ0v) is 21.3. The molecule has 3 aromatic carbocycles. The van der Waals surface area contributed by atoms with Gasteiger partial charge in [-0.05, 0) is 86.0 Å². The molecule has 0 aliphatic heterocycles. The monoisotopic (exact) mass is 652 g/mol. The van der Waals surface area contributed by atoms with Crippen LogP contribution >= 0.6 is 54.5 Å². The van der Waals surface area contributed by atoms with Crippen molar-refractivity contribution in [3.63, 3.8) is 0 Å². The third kappa shape index (κ3) is 5.55. The molecule has 0 fully saturated rings. The first kappa shape index (κ1) is 22.0. The molecule has 5 nitrogen and oxygen atoms in total. The van der Waals surface area contributed by atoms with Crippen molar-refractivity contribution >= 4 is 77.5 Å². The fourth-order valence-electron chi connectivity index (χ4n) is 2.84. The molecule has 31 heavy (non-hydrogen) atoms. The van der Waals surface area contributed by atoms with Gasteiger partial charge in [0.05, 0.1) is 14.3 Å². The molecular formula is C23H15Br2IN2O3. The highest BCUT2D eigenvalue weighted by atomic mass is 127. The zero-order valence-electron chi connectivity index (χ0n) is 15.9. The van der Waals surface area contributed by atoms with E-state index in [9.17, 15) is 4.79 Å². The van der Waals surface area contributed by atoms with Gasteiger partial charge in [0.15, 0.2) is 5.76 Å². The molecule has 8 heteroatoms. The number of nitrogens with one attached hydrogen (secondary N) is 1. The summed E-state index contributed by atoms with van der Waals surface area (Å²) in [7, 11) is 0. The highest BCUT2D eigenvalue weighted by Gasteiger charge is 2.12. The minimum Gasteiger partial charge on any atom is -0.487 e. The third-order valence-electron chi connectivity index (χ3n) is 4.35. The molecular weight excluding hydrogens is 639 g/mol. The molecule has 0 saturated carbocycles. The number of amides is 1. The van der Waals surface area contributed by atoms with Crippen molar-refractivity contribution in [2.75, 3.05) is 0 Å². The maximum atomic E-state index is 12.3. The number of fused-ring (bicyclic) bond motifs is 1. The first-order valence-corrected chi connectivity index (χ1v) is 11.8. The molecule has 0 radical (unpaired) electrons. The second kappa shape index (κ2) is 9.97. The minimum atomic E-state index is -0.407. The van der Waals surface area contributed by atoms with Crippen molar-refractivity contribution in [2.24, 2.45) is 5.10 Å². The molecule has 4 aromatic rings. The van der Waals surface area contributed by atoms with Crippen LogP contribution in [-0.4, -0.2) is 12.1 Å². The van der Waals surface area contributed by atoms with E-state index in [1.165, 1.54) is 0 Å². The average molecular weight is 654 g/mol. The minimum absolute atomic E-state index is 0.214. The van der Waals surface area contributed by atoms with Gasteiger partial charge in [0.1, 0.15) is 17.9 Å². The van der Waals surface area contributed by atoms with Gasteiger partial charge in [0.2, 0.25) is 0 Å². The van der Waals surface area contributed by atoms with Crippen molar-refractivity contribution < 1.29 is 13.9 Å². The normalized spacial score (nSPS) is 11.2. The quantitative estimate of drug-likeness (QED) is 0.140. The van der Waals surface area contributed by atoms with Crippen LogP contribution < -0.4 is 10.2 Å². The maximum absolute atomic E-state index is 12.3. The number of benzene rings is 3. The van der Waals surface area contributed by atoms with Gasteiger partial charge in [0, 0.05) is 9.86 Å². The Morgan fingerprint density at radius 1 is 1.10 bits per heavy atom. The molecule has 0 spiro atoms. The van der Waals surface area contributed by atoms with Crippen molar-refractivity contribution in [3.05, 3.63) is 96.1 Å². The Morgan fingerprint density at radius 2 is 1.87 bits per heavy atom. The van der Waals surface area contributed by atoms with E-state index < -0.39 is 5.91 Å². The second-order valence-electron chi connectivity index (χ2n) is 6.58. The molecule has 0 unspecified atom stereocenters. The van der Waals surface area contributed by atoms with Gasteiger partial charge in [-0.3, -0.25) is 4.79 Å². The Hall–Kier alpha value is -2.17. The molecule has 0 aliphatic rings. The van der Waals surface area contributed by atoms with Gasteiger partial charge in [0.25, 0.3) is 0 Å². The fraction of sp³-hybridized carbons (Fsp3) is 0.0435. The number of hydrogen-bond donors (Lipinski definition) is 1. The number of halogens is 3. The summed E-state index contributed by atoms with van der Waals surface area (Å²) in [6, 6.07) is 20.9. The molecule has 1 amide bonds. The first-order valence-electron chi connectivity index (χ1n) is 9.18. The summed E-state index contributed by atoms with van der Waals surface area (Å²) in [5.74, 6) is 0.563. The lowest BCUT2D eigenvalue weighted by molar-refractivity contribution is 0.0929. The van der Waals surface area contributed by atoms with Crippen LogP contribution in [0.25, 0.3) is 11.0 Å². The molecule has 1 aromatic heterocycles. The third-order valence-corrected chi connectivity index (χ3v) is 6.27. The van der Waals surface area contributed by atoms with Gasteiger partial charge in [-0.25, -0.2) is 5.43 Å². The number of para-hydroxylation sites is 1. The van der Waals surface area contributed by atoms with Crippen LogP contribution in [0.2, 0.25) is 0 Å². The Kier molecular flexibility index (Phi) is 7.09. The van der Waals surface area contributed by atoms with Crippen molar-refractivity contribution in [2.45, 2.75) is 6.61 Å². The molecule has 0 atom stereocenters. The highest BCUT2D eigenvalue weighted by molar-refractivity contribution is 14.1. The van der Waals surface area contributed by atoms with Crippen LogP contribution in [0.5, 0.6) is 5.75 Å². The average Bonchev–Trinajstić information content (AvgIpc) is 3.19. The second-order valence-corrected chi connectivity index (χ2v) is 9.51. The van der Waals surface area contributed by atoms with E-state index in [0.29, 0.717) is 12.2 Å². The molecule has 4 rings (SSSR count). The van der Waals surface area contributed by atoms with Gasteiger partial charge in [-0.1, -0.05) is 46.3 Å². The Morgan fingerprint density at radius 3 is 2.61 bits per heavy atom. The summed E-state index contributed by atoms with van der Waals surface area (Å²) >= 11 is 9.20. The first-order chi connectivity index (χ1) is 15.0. The molecule has 1 heterocycles. The lowest BCUT2D eigenvalue weighted by Crippen LogP contribution is -2.16. The molecule has 0 saturated heterocycles. The van der Waals surface area contributed by atoms with E-state index in [-0.39, 0.29) is 5.76 Å². The number of ether oxygens (including phenoxy) is 1. The summed E-state index contributed by atoms with van der Waals surface area (Å²) in [5.41, 5.74) is 5.05. The number of carbonyl (C=O) groups excluding carboxylic acids is 1. The van der Waals surface area contributed by atoms with Crippen molar-refractivity contribution in [1.29, 1.82) is 0 Å². The summed E-state index contributed by atoms with van der Waals surface area (Å²) in [6.07, 6.45) is 1.58. The van der Waals surface area contributed by atoms with Crippen molar-refractivity contribution in [3.8, 4) is 5.75 Å². The predicted molar refractivity (Wildman–Crippen MR) is 137 cm³/mol. The summed E-state index contributed by atoms with van der Waals surface area (Å²) in [4.78, 5) is 12.3. The van der Waals surface area contributed by atoms with Gasteiger partial charge in [-0.2, -0.15) is 5.10 Å². The standard InChI is InChI=1S/C23H15Br2IN2O3/c24-17-7-5-14(6-8-17)13-30-22-18(25)9-15(10-19(22)26)12-27-28-23(29)21-11-16-3-1-2-4-20(16)31-21/h1-12H,13H2,(H,28,29)/b27-12+. The van der Waals surface area contributed by atoms with Gasteiger partial charge < -0.3 is 9.15 Å². The lowest BCUT2D eigenvalue weighted by Gasteiger charge is -2.11. The SMILES string of the molecule is O=C(N/N=C/c1cc(Br)c(OCc2ccc(Br)cc2)c(I)c1)c1cc2ccccc2o1. The Labute approximate surface area is 209 Å². The zero-order chi connectivity index (χ0) is 21.8. The molecule has 0 bridgehead atoms. The smallest absolute Gasteiger partial charge is 0.307 e. The van der Waals surface area contributed by atoms with E-state index in [0.717, 1.165) is 34.8 Å². The predicted octanol–water partition coefficient (Wildman–Crippen LogP) is 6.91. The number of rotatable bonds is 6. The van der Waals surface area contributed by atoms with Crippen LogP contribution in [0.3, 0.4) is 0 Å². The van der Waals surface area contributed by atoms with E-state index in [2.05, 4.69) is 65.0 Å². The van der Waals surface area contributed by atoms with E-state index in [1.807, 2.05) is 60.7 Å². The van der Waals surface area contributed by atoms with Crippen LogP contribution in [-0.2, 0) is 6.61 Å². The van der Waals surface area contributed by atoms with E-state index in [1.54, 1.807) is 12.3 Å². The number of nitrogens with zero attached hydrogens (tertiary/aromatic N) is 1. The molecule has 156 valence electrons. The fourth-order valence-corrected chi connectivity index (χ4v) is 4.88. The Bertz CT molecular complexity index is 1210. The van der Waals surface area contributed by atoms with Crippen LogP contribution in [0.15, 0.2) is 85.2 Å². The van der Waals surface area contributed by atoms with E-state index in [4.69, 9.17) is 9.15 Å². The van der Waals surface area contributed by atoms with E-state index >= 15 is 0 Å². The van der Waals surface area contributed by atoms with Gasteiger partial charge >= 0.3 is 5.91 Å². The lowest BCUT2D eigenvalue weighted by atomic mass is 10.2. The van der Waals surface area contributed by atoms with Gasteiger partial charge in [-0.15, -0.1) is 0 Å². The van der Waals surface area contributed by atoms with Crippen LogP contribution in [0.4, 0.5) is 0 Å². The Balaban J connectivity index is 1.40. The number of hydrazone groups is 1. The number of carbonyl (C=O) groups is 1. The topological polar surface area (TPSA) is 63.8 Å².